The third-order valence-corrected chi connectivity index (χ3v) is 9.53. The molecule has 1 unspecified atom stereocenters. The van der Waals surface area contributed by atoms with E-state index in [1.54, 1.807) is 67.6 Å². The third-order valence-electron chi connectivity index (χ3n) is 7.39. The Morgan fingerprint density at radius 1 is 0.872 bits per heavy atom. The maximum atomic E-state index is 14.7. The molecule has 0 saturated heterocycles. The monoisotopic (exact) mass is 675 g/mol. The fourth-order valence-electron chi connectivity index (χ4n) is 5.11. The summed E-state index contributed by atoms with van der Waals surface area (Å²) in [5, 5.41) is 3.45. The van der Waals surface area contributed by atoms with Gasteiger partial charge in [0.15, 0.2) is 0 Å². The van der Waals surface area contributed by atoms with Gasteiger partial charge in [0.05, 0.1) is 17.2 Å². The molecule has 0 bridgehead atoms. The fourth-order valence-corrected chi connectivity index (χ4v) is 6.73. The van der Waals surface area contributed by atoms with Gasteiger partial charge in [-0.15, -0.1) is 0 Å². The van der Waals surface area contributed by atoms with E-state index in [1.165, 1.54) is 17.0 Å². The maximum absolute atomic E-state index is 14.7. The van der Waals surface area contributed by atoms with Gasteiger partial charge in [0.2, 0.25) is 11.8 Å². The number of amides is 2. The van der Waals surface area contributed by atoms with Crippen LogP contribution in [0, 0.1) is 6.92 Å². The number of nitrogens with zero attached hydrogens (tertiary/aromatic N) is 2. The average molecular weight is 676 g/mol. The Hall–Kier alpha value is -4.34. The van der Waals surface area contributed by atoms with Gasteiger partial charge >= 0.3 is 0 Å². The summed E-state index contributed by atoms with van der Waals surface area (Å²) in [5.41, 5.74) is 1.96. The largest absolute Gasteiger partial charge is 0.492 e. The summed E-state index contributed by atoms with van der Waals surface area (Å²) in [6.45, 7) is 8.92. The fraction of sp³-hybridized carbons (Fsp3) is 0.297. The topological polar surface area (TPSA) is 96.0 Å². The first-order chi connectivity index (χ1) is 22.3. The van der Waals surface area contributed by atoms with Gasteiger partial charge in [-0.05, 0) is 76.1 Å². The van der Waals surface area contributed by atoms with Gasteiger partial charge in [-0.2, -0.15) is 0 Å². The minimum absolute atomic E-state index is 0.0196. The van der Waals surface area contributed by atoms with Gasteiger partial charge in [-0.3, -0.25) is 13.9 Å². The second-order valence-electron chi connectivity index (χ2n) is 12.3. The molecule has 0 aromatic heterocycles. The summed E-state index contributed by atoms with van der Waals surface area (Å²) in [6, 6.07) is 28.6. The molecule has 0 fully saturated rings. The van der Waals surface area contributed by atoms with Gasteiger partial charge in [-0.1, -0.05) is 90.0 Å². The summed E-state index contributed by atoms with van der Waals surface area (Å²) >= 11 is 6.59. The van der Waals surface area contributed by atoms with E-state index in [0.717, 1.165) is 15.4 Å². The minimum Gasteiger partial charge on any atom is -0.492 e. The van der Waals surface area contributed by atoms with Crippen LogP contribution in [-0.4, -0.2) is 49.9 Å². The smallest absolute Gasteiger partial charge is 0.264 e. The molecule has 4 aromatic carbocycles. The number of halogens is 1. The van der Waals surface area contributed by atoms with Crippen molar-refractivity contribution in [3.8, 4) is 5.75 Å². The molecular weight excluding hydrogens is 634 g/mol. The van der Waals surface area contributed by atoms with E-state index in [4.69, 9.17) is 16.3 Å². The van der Waals surface area contributed by atoms with Crippen molar-refractivity contribution in [3.05, 3.63) is 125 Å². The number of aryl methyl sites for hydroxylation is 1. The molecule has 47 heavy (non-hydrogen) atoms. The molecule has 0 heterocycles. The van der Waals surface area contributed by atoms with Crippen molar-refractivity contribution in [1.29, 1.82) is 0 Å². The number of benzene rings is 4. The number of anilines is 1. The second-order valence-corrected chi connectivity index (χ2v) is 14.6. The molecule has 1 N–H and O–H groups in total. The molecular formula is C37H42ClN3O5S. The first-order valence-electron chi connectivity index (χ1n) is 15.5. The lowest BCUT2D eigenvalue weighted by molar-refractivity contribution is -0.140. The number of hydrogen-bond donors (Lipinski definition) is 1. The van der Waals surface area contributed by atoms with Crippen LogP contribution in [0.25, 0.3) is 0 Å². The molecule has 0 aliphatic carbocycles. The number of para-hydroxylation sites is 2. The molecule has 4 rings (SSSR count). The van der Waals surface area contributed by atoms with E-state index in [0.29, 0.717) is 16.3 Å². The SMILES string of the molecule is CCOc1ccccc1N(CC(=O)N(Cc1ccccc1Cl)C(Cc1ccccc1)C(=O)NC(C)(C)C)S(=O)(=O)c1ccc(C)cc1. The molecule has 248 valence electrons. The average Bonchev–Trinajstić information content (AvgIpc) is 3.02. The molecule has 0 radical (unpaired) electrons. The van der Waals surface area contributed by atoms with Crippen LogP contribution in [0.4, 0.5) is 5.69 Å². The standard InChI is InChI=1S/C37H42ClN3O5S/c1-6-46-34-19-13-12-18-32(34)41(47(44,45)30-22-20-27(2)21-23-30)26-35(42)40(25-29-16-10-11-17-31(29)38)33(36(43)39-37(3,4)5)24-28-14-8-7-9-15-28/h7-23,33H,6,24-26H2,1-5H3,(H,39,43). The molecule has 4 aromatic rings. The summed E-state index contributed by atoms with van der Waals surface area (Å²) in [4.78, 5) is 30.2. The summed E-state index contributed by atoms with van der Waals surface area (Å²) in [5.74, 6) is -0.649. The van der Waals surface area contributed by atoms with Crippen LogP contribution in [0.15, 0.2) is 108 Å². The second kappa shape index (κ2) is 15.5. The third kappa shape index (κ3) is 9.36. The molecule has 0 spiro atoms. The Bertz CT molecular complexity index is 1770. The number of carbonyl (C=O) groups excluding carboxylic acids is 2. The predicted molar refractivity (Wildman–Crippen MR) is 187 cm³/mol. The highest BCUT2D eigenvalue weighted by Gasteiger charge is 2.36. The lowest BCUT2D eigenvalue weighted by Gasteiger charge is -2.35. The zero-order valence-corrected chi connectivity index (χ0v) is 29.0. The first-order valence-corrected chi connectivity index (χ1v) is 17.3. The Balaban J connectivity index is 1.86. The number of ether oxygens (including phenoxy) is 1. The van der Waals surface area contributed by atoms with E-state index in [1.807, 2.05) is 58.0 Å². The zero-order chi connectivity index (χ0) is 34.2. The van der Waals surface area contributed by atoms with E-state index >= 15 is 0 Å². The van der Waals surface area contributed by atoms with Crippen molar-refractivity contribution < 1.29 is 22.7 Å². The zero-order valence-electron chi connectivity index (χ0n) is 27.4. The Morgan fingerprint density at radius 2 is 1.49 bits per heavy atom. The van der Waals surface area contributed by atoms with Crippen LogP contribution in [0.3, 0.4) is 0 Å². The van der Waals surface area contributed by atoms with Gasteiger partial charge in [0, 0.05) is 23.5 Å². The number of rotatable bonds is 13. The van der Waals surface area contributed by atoms with Crippen molar-refractivity contribution in [2.45, 2.75) is 64.1 Å². The normalized spacial score (nSPS) is 12.2. The Labute approximate surface area is 283 Å². The van der Waals surface area contributed by atoms with E-state index in [-0.39, 0.29) is 36.1 Å². The van der Waals surface area contributed by atoms with Crippen molar-refractivity contribution in [2.24, 2.45) is 0 Å². The lowest BCUT2D eigenvalue weighted by Crippen LogP contribution is -2.56. The number of hydrogen-bond acceptors (Lipinski definition) is 5. The summed E-state index contributed by atoms with van der Waals surface area (Å²) in [6.07, 6.45) is 0.194. The van der Waals surface area contributed by atoms with Crippen LogP contribution in [0.2, 0.25) is 5.02 Å². The first kappa shape index (κ1) is 35.5. The van der Waals surface area contributed by atoms with E-state index < -0.39 is 34.1 Å². The Kier molecular flexibility index (Phi) is 11.7. The van der Waals surface area contributed by atoms with Gasteiger partial charge < -0.3 is 15.0 Å². The van der Waals surface area contributed by atoms with Gasteiger partial charge in [0.25, 0.3) is 10.0 Å². The Morgan fingerprint density at radius 3 is 2.13 bits per heavy atom. The molecule has 2 amide bonds. The van der Waals surface area contributed by atoms with Gasteiger partial charge in [-0.25, -0.2) is 8.42 Å². The van der Waals surface area contributed by atoms with Crippen LogP contribution in [0.5, 0.6) is 5.75 Å². The highest BCUT2D eigenvalue weighted by Crippen LogP contribution is 2.33. The van der Waals surface area contributed by atoms with Crippen molar-refractivity contribution in [2.75, 3.05) is 17.5 Å². The highest BCUT2D eigenvalue weighted by atomic mass is 35.5. The molecule has 10 heteroatoms. The van der Waals surface area contributed by atoms with Crippen LogP contribution < -0.4 is 14.4 Å². The molecule has 0 aliphatic heterocycles. The van der Waals surface area contributed by atoms with Crippen LogP contribution >= 0.6 is 11.6 Å². The van der Waals surface area contributed by atoms with Gasteiger partial charge in [0.1, 0.15) is 18.3 Å². The maximum Gasteiger partial charge on any atom is 0.264 e. The lowest BCUT2D eigenvalue weighted by atomic mass is 10.0. The quantitative estimate of drug-likeness (QED) is 0.168. The molecule has 0 saturated carbocycles. The van der Waals surface area contributed by atoms with Crippen molar-refractivity contribution in [3.63, 3.8) is 0 Å². The highest BCUT2D eigenvalue weighted by molar-refractivity contribution is 7.92. The molecule has 8 nitrogen and oxygen atoms in total. The van der Waals surface area contributed by atoms with Crippen LogP contribution in [-0.2, 0) is 32.6 Å². The molecule has 1 atom stereocenters. The molecule has 0 aliphatic rings. The van der Waals surface area contributed by atoms with Crippen molar-refractivity contribution >= 4 is 39.1 Å². The predicted octanol–water partition coefficient (Wildman–Crippen LogP) is 6.80. The number of nitrogens with one attached hydrogen (secondary N) is 1. The van der Waals surface area contributed by atoms with Crippen molar-refractivity contribution in [1.82, 2.24) is 10.2 Å². The van der Waals surface area contributed by atoms with E-state index in [9.17, 15) is 18.0 Å². The summed E-state index contributed by atoms with van der Waals surface area (Å²) in [7, 11) is -4.28. The summed E-state index contributed by atoms with van der Waals surface area (Å²) < 4.78 is 35.6. The van der Waals surface area contributed by atoms with E-state index in [2.05, 4.69) is 5.32 Å². The van der Waals surface area contributed by atoms with Crippen LogP contribution in [0.1, 0.15) is 44.4 Å². The minimum atomic E-state index is -4.28. The number of sulfonamides is 1. The number of carbonyl (C=O) groups is 2.